The van der Waals surface area contributed by atoms with Gasteiger partial charge in [-0.1, -0.05) is 12.2 Å². The Balaban J connectivity index is 2.78. The highest BCUT2D eigenvalue weighted by molar-refractivity contribution is 5.68. The van der Waals surface area contributed by atoms with Crippen molar-refractivity contribution < 1.29 is 19.1 Å². The van der Waals surface area contributed by atoms with E-state index in [0.29, 0.717) is 18.1 Å². The molecule has 0 spiro atoms. The van der Waals surface area contributed by atoms with E-state index in [0.717, 1.165) is 5.57 Å². The Hall–Kier alpha value is -1.75. The molecule has 5 nitrogen and oxygen atoms in total. The summed E-state index contributed by atoms with van der Waals surface area (Å²) in [6.07, 6.45) is -0.414. The fourth-order valence-electron chi connectivity index (χ4n) is 1.62. The Bertz CT molecular complexity index is 470. The molecule has 0 fully saturated rings. The lowest BCUT2D eigenvalue weighted by molar-refractivity contribution is 0.0239. The maximum atomic E-state index is 12.1. The Kier molecular flexibility index (Phi) is 5.39. The fourth-order valence-corrected chi connectivity index (χ4v) is 1.62. The van der Waals surface area contributed by atoms with Crippen molar-refractivity contribution >= 4 is 6.09 Å². The van der Waals surface area contributed by atoms with Gasteiger partial charge < -0.3 is 14.3 Å². The molecule has 112 valence electrons. The number of carbonyl (C=O) groups is 1. The van der Waals surface area contributed by atoms with Gasteiger partial charge in [0.25, 0.3) is 0 Å². The summed E-state index contributed by atoms with van der Waals surface area (Å²) in [5, 5.41) is 8.98. The van der Waals surface area contributed by atoms with Crippen molar-refractivity contribution in [3.05, 3.63) is 35.8 Å². The molecule has 0 aromatic carbocycles. The summed E-state index contributed by atoms with van der Waals surface area (Å²) in [6.45, 7) is 11.6. The summed E-state index contributed by atoms with van der Waals surface area (Å²) in [6, 6.07) is 3.42. The fraction of sp³-hybridized carbons (Fsp3) is 0.533. The number of carbonyl (C=O) groups excluding carboxylic acids is 1. The number of ether oxygens (including phenoxy) is 1. The smallest absolute Gasteiger partial charge is 0.410 e. The minimum Gasteiger partial charge on any atom is -0.462 e. The second kappa shape index (κ2) is 6.61. The second-order valence-electron chi connectivity index (χ2n) is 5.82. The molecule has 0 atom stereocenters. The number of amides is 1. The van der Waals surface area contributed by atoms with Crippen molar-refractivity contribution in [2.75, 3.05) is 6.54 Å². The predicted octanol–water partition coefficient (Wildman–Crippen LogP) is 3.09. The Morgan fingerprint density at radius 2 is 2.00 bits per heavy atom. The molecule has 1 aromatic rings. The molecule has 0 saturated carbocycles. The summed E-state index contributed by atoms with van der Waals surface area (Å²) in [5.74, 6) is 1.07. The van der Waals surface area contributed by atoms with Crippen molar-refractivity contribution in [3.8, 4) is 0 Å². The average molecular weight is 281 g/mol. The third-order valence-electron chi connectivity index (χ3n) is 2.33. The quantitative estimate of drug-likeness (QED) is 0.842. The van der Waals surface area contributed by atoms with Crippen LogP contribution in [0.5, 0.6) is 0 Å². The van der Waals surface area contributed by atoms with E-state index in [1.54, 1.807) is 12.1 Å². The van der Waals surface area contributed by atoms with E-state index in [-0.39, 0.29) is 13.2 Å². The van der Waals surface area contributed by atoms with E-state index in [9.17, 15) is 4.79 Å². The van der Waals surface area contributed by atoms with Gasteiger partial charge in [-0.3, -0.25) is 4.90 Å². The second-order valence-corrected chi connectivity index (χ2v) is 5.82. The number of hydrogen-bond acceptors (Lipinski definition) is 4. The zero-order valence-corrected chi connectivity index (χ0v) is 12.6. The molecule has 0 bridgehead atoms. The van der Waals surface area contributed by atoms with Gasteiger partial charge in [0.05, 0.1) is 6.54 Å². The lowest BCUT2D eigenvalue weighted by atomic mass is 10.2. The van der Waals surface area contributed by atoms with E-state index >= 15 is 0 Å². The summed E-state index contributed by atoms with van der Waals surface area (Å²) >= 11 is 0. The predicted molar refractivity (Wildman–Crippen MR) is 76.1 cm³/mol. The van der Waals surface area contributed by atoms with E-state index in [4.69, 9.17) is 14.3 Å². The lowest BCUT2D eigenvalue weighted by Gasteiger charge is -2.27. The summed E-state index contributed by atoms with van der Waals surface area (Å²) in [7, 11) is 0. The normalized spacial score (nSPS) is 11.2. The first-order chi connectivity index (χ1) is 9.21. The first kappa shape index (κ1) is 16.3. The molecule has 0 aliphatic rings. The van der Waals surface area contributed by atoms with Gasteiger partial charge in [-0.25, -0.2) is 4.79 Å². The number of aliphatic hydroxyl groups excluding tert-OH is 1. The van der Waals surface area contributed by atoms with Crippen LogP contribution >= 0.6 is 0 Å². The van der Waals surface area contributed by atoms with Gasteiger partial charge in [-0.05, 0) is 39.8 Å². The van der Waals surface area contributed by atoms with Crippen LogP contribution in [0.2, 0.25) is 0 Å². The third-order valence-corrected chi connectivity index (χ3v) is 2.33. The van der Waals surface area contributed by atoms with Gasteiger partial charge in [-0.2, -0.15) is 0 Å². The van der Waals surface area contributed by atoms with Crippen molar-refractivity contribution in [2.24, 2.45) is 0 Å². The lowest BCUT2D eigenvalue weighted by Crippen LogP contribution is -2.37. The number of hydrogen-bond donors (Lipinski definition) is 1. The SMILES string of the molecule is C=C(C)CN(Cc1ccc(CO)o1)C(=O)OC(C)(C)C. The Labute approximate surface area is 119 Å². The van der Waals surface area contributed by atoms with E-state index in [1.807, 2.05) is 27.7 Å². The molecular weight excluding hydrogens is 258 g/mol. The number of nitrogens with zero attached hydrogens (tertiary/aromatic N) is 1. The van der Waals surface area contributed by atoms with Gasteiger partial charge in [0.15, 0.2) is 0 Å². The van der Waals surface area contributed by atoms with Crippen LogP contribution in [0, 0.1) is 0 Å². The maximum Gasteiger partial charge on any atom is 0.410 e. The summed E-state index contributed by atoms with van der Waals surface area (Å²) in [4.78, 5) is 13.7. The van der Waals surface area contributed by atoms with Crippen LogP contribution in [0.15, 0.2) is 28.7 Å². The Morgan fingerprint density at radius 3 is 2.45 bits per heavy atom. The molecule has 1 N–H and O–H groups in total. The first-order valence-electron chi connectivity index (χ1n) is 6.52. The molecule has 0 unspecified atom stereocenters. The van der Waals surface area contributed by atoms with Gasteiger partial charge >= 0.3 is 6.09 Å². The van der Waals surface area contributed by atoms with Crippen LogP contribution in [0.4, 0.5) is 4.79 Å². The molecule has 1 rings (SSSR count). The molecule has 20 heavy (non-hydrogen) atoms. The number of aliphatic hydroxyl groups is 1. The highest BCUT2D eigenvalue weighted by atomic mass is 16.6. The monoisotopic (exact) mass is 281 g/mol. The van der Waals surface area contributed by atoms with Gasteiger partial charge in [-0.15, -0.1) is 0 Å². The minimum absolute atomic E-state index is 0.160. The maximum absolute atomic E-state index is 12.1. The Morgan fingerprint density at radius 1 is 1.40 bits per heavy atom. The van der Waals surface area contributed by atoms with Crippen molar-refractivity contribution in [1.82, 2.24) is 4.90 Å². The molecule has 1 amide bonds. The van der Waals surface area contributed by atoms with Crippen LogP contribution in [0.25, 0.3) is 0 Å². The van der Waals surface area contributed by atoms with Crippen LogP contribution in [-0.2, 0) is 17.9 Å². The molecule has 0 saturated heterocycles. The van der Waals surface area contributed by atoms with Crippen molar-refractivity contribution in [3.63, 3.8) is 0 Å². The standard InChI is InChI=1S/C15H23NO4/c1-11(2)8-16(14(18)20-15(3,4)5)9-12-6-7-13(10-17)19-12/h6-7,17H,1,8-10H2,2-5H3. The van der Waals surface area contributed by atoms with Crippen LogP contribution in [0.1, 0.15) is 39.2 Å². The summed E-state index contributed by atoms with van der Waals surface area (Å²) in [5.41, 5.74) is 0.300. The van der Waals surface area contributed by atoms with Gasteiger partial charge in [0.2, 0.25) is 0 Å². The first-order valence-corrected chi connectivity index (χ1v) is 6.52. The van der Waals surface area contributed by atoms with Crippen molar-refractivity contribution in [1.29, 1.82) is 0 Å². The van der Waals surface area contributed by atoms with E-state index < -0.39 is 11.7 Å². The van der Waals surface area contributed by atoms with Gasteiger partial charge in [0.1, 0.15) is 23.7 Å². The van der Waals surface area contributed by atoms with Crippen LogP contribution in [-0.4, -0.2) is 28.2 Å². The van der Waals surface area contributed by atoms with E-state index in [2.05, 4.69) is 6.58 Å². The van der Waals surface area contributed by atoms with Crippen LogP contribution in [0.3, 0.4) is 0 Å². The summed E-state index contributed by atoms with van der Waals surface area (Å²) < 4.78 is 10.8. The number of furan rings is 1. The number of rotatable bonds is 5. The van der Waals surface area contributed by atoms with Gasteiger partial charge in [0, 0.05) is 6.54 Å². The zero-order valence-electron chi connectivity index (χ0n) is 12.6. The molecule has 1 aromatic heterocycles. The molecule has 5 heteroatoms. The largest absolute Gasteiger partial charge is 0.462 e. The third kappa shape index (κ3) is 5.48. The topological polar surface area (TPSA) is 62.9 Å². The highest BCUT2D eigenvalue weighted by Crippen LogP contribution is 2.15. The van der Waals surface area contributed by atoms with E-state index in [1.165, 1.54) is 4.90 Å². The average Bonchev–Trinajstić information content (AvgIpc) is 2.73. The van der Waals surface area contributed by atoms with Crippen LogP contribution < -0.4 is 0 Å². The molecule has 1 heterocycles. The molecule has 0 radical (unpaired) electrons. The zero-order chi connectivity index (χ0) is 15.3. The molecule has 0 aliphatic carbocycles. The molecule has 0 aliphatic heterocycles. The van der Waals surface area contributed by atoms with Crippen molar-refractivity contribution in [2.45, 2.75) is 46.4 Å². The highest BCUT2D eigenvalue weighted by Gasteiger charge is 2.23. The molecular formula is C15H23NO4. The minimum atomic E-state index is -0.552.